The van der Waals surface area contributed by atoms with E-state index in [9.17, 15) is 4.21 Å². The third-order valence-corrected chi connectivity index (χ3v) is 5.42. The van der Waals surface area contributed by atoms with Crippen molar-refractivity contribution in [2.24, 2.45) is 0 Å². The Morgan fingerprint density at radius 2 is 2.13 bits per heavy atom. The molecule has 0 N–H and O–H groups in total. The van der Waals surface area contributed by atoms with Gasteiger partial charge in [0.2, 0.25) is 0 Å². The summed E-state index contributed by atoms with van der Waals surface area (Å²) < 4.78 is 12.7. The maximum atomic E-state index is 11.6. The summed E-state index contributed by atoms with van der Waals surface area (Å²) in [5, 5.41) is 0. The van der Waals surface area contributed by atoms with Crippen LogP contribution in [-0.2, 0) is 17.2 Å². The Labute approximate surface area is 97.4 Å². The molecule has 0 aliphatic carbocycles. The highest BCUT2D eigenvalue weighted by molar-refractivity contribution is 8.17. The van der Waals surface area contributed by atoms with Gasteiger partial charge in [0, 0.05) is 5.75 Å². The normalized spacial score (nSPS) is 24.3. The molecule has 1 aromatic rings. The Morgan fingerprint density at radius 3 is 2.87 bits per heavy atom. The van der Waals surface area contributed by atoms with Gasteiger partial charge < -0.3 is 0 Å². The lowest BCUT2D eigenvalue weighted by Gasteiger charge is -2.12. The van der Waals surface area contributed by atoms with E-state index in [1.807, 2.05) is 18.2 Å². The predicted octanol–water partition coefficient (Wildman–Crippen LogP) is 2.96. The third-order valence-electron chi connectivity index (χ3n) is 2.29. The Bertz CT molecular complexity index is 370. The van der Waals surface area contributed by atoms with Gasteiger partial charge in [-0.3, -0.25) is 4.21 Å². The van der Waals surface area contributed by atoms with Crippen LogP contribution in [0, 0.1) is 0 Å². The van der Waals surface area contributed by atoms with Crippen LogP contribution in [0.1, 0.15) is 12.0 Å². The second-order valence-corrected chi connectivity index (χ2v) is 6.40. The fraction of sp³-hybridized carbons (Fsp3) is 0.333. The van der Waals surface area contributed by atoms with Crippen LogP contribution in [-0.4, -0.2) is 15.7 Å². The van der Waals surface area contributed by atoms with Gasteiger partial charge in [-0.15, -0.1) is 11.8 Å². The molecule has 1 atom stereocenters. The molecule has 1 saturated heterocycles. The summed E-state index contributed by atoms with van der Waals surface area (Å²) in [5.74, 6) is 1.96. The molecule has 0 saturated carbocycles. The molecule has 3 heteroatoms. The SMILES string of the molecule is O=S1CCCS/C1=C/Cc1ccccc1. The molecule has 80 valence electrons. The summed E-state index contributed by atoms with van der Waals surface area (Å²) in [7, 11) is -0.728. The van der Waals surface area contributed by atoms with E-state index in [-0.39, 0.29) is 0 Å². The Hall–Kier alpha value is -0.540. The average Bonchev–Trinajstić information content (AvgIpc) is 2.29. The minimum Gasteiger partial charge on any atom is -0.254 e. The van der Waals surface area contributed by atoms with Crippen LogP contribution in [0.5, 0.6) is 0 Å². The molecule has 1 heterocycles. The van der Waals surface area contributed by atoms with Crippen LogP contribution in [0.25, 0.3) is 0 Å². The van der Waals surface area contributed by atoms with Crippen molar-refractivity contribution in [3.63, 3.8) is 0 Å². The number of hydrogen-bond acceptors (Lipinski definition) is 2. The molecule has 0 aromatic heterocycles. The van der Waals surface area contributed by atoms with Crippen LogP contribution in [0.4, 0.5) is 0 Å². The molecule has 0 bridgehead atoms. The summed E-state index contributed by atoms with van der Waals surface area (Å²) >= 11 is 1.75. The molecular weight excluding hydrogens is 224 g/mol. The highest BCUT2D eigenvalue weighted by atomic mass is 32.2. The third kappa shape index (κ3) is 3.21. The van der Waals surface area contributed by atoms with Crippen LogP contribution in [0.15, 0.2) is 40.6 Å². The minimum atomic E-state index is -0.728. The van der Waals surface area contributed by atoms with Gasteiger partial charge >= 0.3 is 0 Å². The van der Waals surface area contributed by atoms with E-state index in [1.165, 1.54) is 5.56 Å². The van der Waals surface area contributed by atoms with Crippen LogP contribution in [0.3, 0.4) is 0 Å². The Kier molecular flexibility index (Phi) is 4.03. The van der Waals surface area contributed by atoms with Gasteiger partial charge in [0.1, 0.15) is 0 Å². The molecule has 1 unspecified atom stereocenters. The van der Waals surface area contributed by atoms with Gasteiger partial charge in [-0.25, -0.2) is 0 Å². The molecular formula is C12H14OS2. The van der Waals surface area contributed by atoms with Gasteiger partial charge in [0.25, 0.3) is 0 Å². The summed E-state index contributed by atoms with van der Waals surface area (Å²) in [6.07, 6.45) is 4.10. The highest BCUT2D eigenvalue weighted by Crippen LogP contribution is 2.26. The van der Waals surface area contributed by atoms with Crippen molar-refractivity contribution in [2.45, 2.75) is 12.8 Å². The second-order valence-electron chi connectivity index (χ2n) is 3.46. The lowest BCUT2D eigenvalue weighted by Crippen LogP contribution is -2.06. The van der Waals surface area contributed by atoms with Crippen LogP contribution >= 0.6 is 11.8 Å². The van der Waals surface area contributed by atoms with Crippen molar-refractivity contribution in [2.75, 3.05) is 11.5 Å². The van der Waals surface area contributed by atoms with E-state index >= 15 is 0 Å². The van der Waals surface area contributed by atoms with Crippen molar-refractivity contribution >= 4 is 22.6 Å². The maximum absolute atomic E-state index is 11.6. The Balaban J connectivity index is 2.01. The van der Waals surface area contributed by atoms with Crippen molar-refractivity contribution in [3.8, 4) is 0 Å². The molecule has 0 amide bonds. The lowest BCUT2D eigenvalue weighted by atomic mass is 10.2. The van der Waals surface area contributed by atoms with Gasteiger partial charge in [0.05, 0.1) is 15.0 Å². The molecule has 1 fully saturated rings. The molecule has 1 aliphatic rings. The Morgan fingerprint density at radius 1 is 1.33 bits per heavy atom. The van der Waals surface area contributed by atoms with Crippen LogP contribution < -0.4 is 0 Å². The molecule has 1 nitrogen and oxygen atoms in total. The topological polar surface area (TPSA) is 17.1 Å². The lowest BCUT2D eigenvalue weighted by molar-refractivity contribution is 0.686. The van der Waals surface area contributed by atoms with E-state index in [0.717, 1.165) is 28.6 Å². The zero-order valence-corrected chi connectivity index (χ0v) is 10.2. The summed E-state index contributed by atoms with van der Waals surface area (Å²) in [6, 6.07) is 10.3. The molecule has 2 rings (SSSR count). The number of hydrogen-bond donors (Lipinski definition) is 0. The van der Waals surface area contributed by atoms with Gasteiger partial charge in [0.15, 0.2) is 0 Å². The van der Waals surface area contributed by atoms with Gasteiger partial charge in [-0.2, -0.15) is 0 Å². The fourth-order valence-electron chi connectivity index (χ4n) is 1.50. The number of allylic oxidation sites excluding steroid dienone is 1. The molecule has 1 aliphatic heterocycles. The van der Waals surface area contributed by atoms with Crippen molar-refractivity contribution in [3.05, 3.63) is 46.2 Å². The first-order valence-corrected chi connectivity index (χ1v) is 7.42. The van der Waals surface area contributed by atoms with Gasteiger partial charge in [-0.1, -0.05) is 36.4 Å². The standard InChI is InChI=1S/C12H14OS2/c13-15-10-4-9-14-12(15)8-7-11-5-2-1-3-6-11/h1-3,5-6,8H,4,7,9-10H2/b12-8-. The summed E-state index contributed by atoms with van der Waals surface area (Å²) in [4.78, 5) is 0. The quantitative estimate of drug-likeness (QED) is 0.788. The zero-order valence-electron chi connectivity index (χ0n) is 8.52. The predicted molar refractivity (Wildman–Crippen MR) is 68.3 cm³/mol. The van der Waals surface area contributed by atoms with E-state index in [2.05, 4.69) is 18.2 Å². The molecule has 1 aromatic carbocycles. The highest BCUT2D eigenvalue weighted by Gasteiger charge is 2.13. The number of benzene rings is 1. The molecule has 0 radical (unpaired) electrons. The van der Waals surface area contributed by atoms with Crippen molar-refractivity contribution in [1.82, 2.24) is 0 Å². The first-order chi connectivity index (χ1) is 7.36. The fourth-order valence-corrected chi connectivity index (χ4v) is 4.27. The smallest absolute Gasteiger partial charge is 0.0679 e. The monoisotopic (exact) mass is 238 g/mol. The summed E-state index contributed by atoms with van der Waals surface area (Å²) in [6.45, 7) is 0. The van der Waals surface area contributed by atoms with E-state index in [4.69, 9.17) is 0 Å². The minimum absolute atomic E-state index is 0.728. The van der Waals surface area contributed by atoms with Crippen molar-refractivity contribution < 1.29 is 4.21 Å². The summed E-state index contributed by atoms with van der Waals surface area (Å²) in [5.41, 5.74) is 1.29. The van der Waals surface area contributed by atoms with E-state index < -0.39 is 10.8 Å². The van der Waals surface area contributed by atoms with Crippen LogP contribution in [0.2, 0.25) is 0 Å². The average molecular weight is 238 g/mol. The maximum Gasteiger partial charge on any atom is 0.0679 e. The first kappa shape index (κ1) is 11.0. The molecule has 15 heavy (non-hydrogen) atoms. The first-order valence-electron chi connectivity index (χ1n) is 5.11. The molecule has 0 spiro atoms. The van der Waals surface area contributed by atoms with E-state index in [0.29, 0.717) is 0 Å². The van der Waals surface area contributed by atoms with E-state index in [1.54, 1.807) is 11.8 Å². The zero-order chi connectivity index (χ0) is 10.5. The largest absolute Gasteiger partial charge is 0.254 e. The second kappa shape index (κ2) is 5.52. The number of rotatable bonds is 2. The number of thioether (sulfide) groups is 1. The van der Waals surface area contributed by atoms with Gasteiger partial charge in [-0.05, 0) is 24.2 Å². The van der Waals surface area contributed by atoms with Crippen molar-refractivity contribution in [1.29, 1.82) is 0 Å².